The van der Waals surface area contributed by atoms with Crippen LogP contribution in [0.4, 0.5) is 0 Å². The van der Waals surface area contributed by atoms with Gasteiger partial charge in [0.2, 0.25) is 0 Å². The van der Waals surface area contributed by atoms with Crippen LogP contribution < -0.4 is 0 Å². The predicted octanol–water partition coefficient (Wildman–Crippen LogP) is 20.9. The molecule has 0 aliphatic rings. The largest absolute Gasteiger partial charge is 0.481 e. The molecule has 8 N–H and O–H groups in total. The summed E-state index contributed by atoms with van der Waals surface area (Å²) in [6, 6.07) is 94.8. The fourth-order valence-corrected chi connectivity index (χ4v) is 17.7. The van der Waals surface area contributed by atoms with Crippen molar-refractivity contribution in [3.8, 4) is 0 Å². The van der Waals surface area contributed by atoms with Crippen molar-refractivity contribution in [2.24, 2.45) is 29.6 Å². The van der Waals surface area contributed by atoms with Gasteiger partial charge in [-0.3, -0.25) is 19.2 Å². The van der Waals surface area contributed by atoms with Gasteiger partial charge >= 0.3 is 23.9 Å². The Hall–Kier alpha value is -10.1. The number of hydrogen-bond donors (Lipinski definition) is 8. The number of benzene rings is 10. The highest BCUT2D eigenvalue weighted by molar-refractivity contribution is 5.83. The standard InChI is InChI=1S/C51H60O6.C45H48O6.3CH4/c1-34(2)42(37-23-13-8-14-24-37)43(46(53)54)35(3)45(52)44(38-25-15-9-16-26-38)36(4)51(48(56)57,41-31-21-12-22-32-41)33-50(7,40-29-19-11-20-30-40)47(55)49(5,6)39-27-17-10-18-28-39;1-31(43(48)49)38(33-18-8-3-9-19-33)28-39(34-20-10-4-11-21-34)42(47)41(36-24-14-6-15-25-36)30-45(44(50)51,37-26-16-7-17-27-37)29-40(32(2)46)35-22-12-5-13-23-35;;;/h8-32,34-36,42-45,47,52,55H,33H2,1-7H3,(H,53,54)(H,56,57);3-27,31-32,38-42,46-47H,28-30H2,1-2H3,(H,48,49)(H,50,51);3*1H4. The first kappa shape index (κ1) is 89.8. The third-order valence-corrected chi connectivity index (χ3v) is 23.8. The molecule has 0 radical (unpaired) electrons. The molecular weight excluding hydrogens is 1380 g/mol. The van der Waals surface area contributed by atoms with Crippen LogP contribution >= 0.6 is 0 Å². The maximum absolute atomic E-state index is 14.6. The van der Waals surface area contributed by atoms with Gasteiger partial charge in [0.25, 0.3) is 0 Å². The first-order valence-corrected chi connectivity index (χ1v) is 37.9. The van der Waals surface area contributed by atoms with E-state index in [0.717, 1.165) is 38.9 Å². The molecule has 12 nitrogen and oxygen atoms in total. The Morgan fingerprint density at radius 3 is 1.03 bits per heavy atom. The van der Waals surface area contributed by atoms with Crippen molar-refractivity contribution in [2.75, 3.05) is 0 Å². The second-order valence-electron chi connectivity index (χ2n) is 31.0. The molecule has 0 spiro atoms. The van der Waals surface area contributed by atoms with E-state index in [-0.39, 0.29) is 47.5 Å². The average molecular weight is 1500 g/mol. The summed E-state index contributed by atoms with van der Waals surface area (Å²) in [7, 11) is 0. The summed E-state index contributed by atoms with van der Waals surface area (Å²) in [5.74, 6) is -10.9. The van der Waals surface area contributed by atoms with E-state index >= 15 is 0 Å². The Morgan fingerprint density at radius 1 is 0.342 bits per heavy atom. The van der Waals surface area contributed by atoms with E-state index in [9.17, 15) is 60.0 Å². The molecule has 17 unspecified atom stereocenters. The number of aliphatic hydroxyl groups excluding tert-OH is 4. The van der Waals surface area contributed by atoms with Gasteiger partial charge in [-0.25, -0.2) is 0 Å². The number of rotatable bonds is 35. The van der Waals surface area contributed by atoms with Crippen LogP contribution in [0.5, 0.6) is 0 Å². The molecule has 0 fully saturated rings. The van der Waals surface area contributed by atoms with Crippen LogP contribution in [-0.2, 0) is 40.8 Å². The van der Waals surface area contributed by atoms with Gasteiger partial charge in [-0.15, -0.1) is 0 Å². The molecule has 588 valence electrons. The molecule has 0 saturated heterocycles. The number of aliphatic carboxylic acids is 4. The summed E-state index contributed by atoms with van der Waals surface area (Å²) < 4.78 is 0. The molecule has 17 atom stereocenters. The van der Waals surface area contributed by atoms with Crippen LogP contribution in [0, 0.1) is 29.6 Å². The average Bonchev–Trinajstić information content (AvgIpc) is 0.726. The summed E-state index contributed by atoms with van der Waals surface area (Å²) in [5, 5.41) is 94.3. The van der Waals surface area contributed by atoms with E-state index in [1.54, 1.807) is 20.8 Å². The smallest absolute Gasteiger partial charge is 0.314 e. The summed E-state index contributed by atoms with van der Waals surface area (Å²) in [6.07, 6.45) is -3.90. The zero-order chi connectivity index (χ0) is 77.9. The minimum atomic E-state index is -1.70. The normalized spacial score (nSPS) is 16.9. The SMILES string of the molecule is C.C.C.CC(C)C(c1ccccc1)C(C(=O)O)C(C)C(O)C(c1ccccc1)C(C)C(CC(C)(c1ccccc1)C(O)C(C)(C)c1ccccc1)(C(=O)O)c1ccccc1.CC(O)C(CC(CC(c1ccccc1)C(O)C(CC(c1ccccc1)C(C)C(=O)O)c1ccccc1)(C(=O)O)c1ccccc1)c1ccccc1. The Labute approximate surface area is 660 Å². The van der Waals surface area contributed by atoms with Gasteiger partial charge in [-0.1, -0.05) is 381 Å². The van der Waals surface area contributed by atoms with E-state index < -0.39 is 129 Å². The van der Waals surface area contributed by atoms with Crippen LogP contribution in [0.25, 0.3) is 0 Å². The first-order valence-electron chi connectivity index (χ1n) is 37.9. The van der Waals surface area contributed by atoms with Gasteiger partial charge in [0.1, 0.15) is 0 Å². The number of hydrogen-bond acceptors (Lipinski definition) is 8. The van der Waals surface area contributed by atoms with Crippen LogP contribution in [0.3, 0.4) is 0 Å². The minimum absolute atomic E-state index is 0. The van der Waals surface area contributed by atoms with Crippen LogP contribution in [0.1, 0.15) is 201 Å². The summed E-state index contributed by atoms with van der Waals surface area (Å²) in [6.45, 7) is 17.0. The summed E-state index contributed by atoms with van der Waals surface area (Å²) in [4.78, 5) is 54.5. The molecule has 0 aliphatic heterocycles. The molecule has 0 aromatic heterocycles. The third-order valence-electron chi connectivity index (χ3n) is 23.8. The number of aliphatic hydroxyl groups is 4. The summed E-state index contributed by atoms with van der Waals surface area (Å²) >= 11 is 0. The first-order chi connectivity index (χ1) is 51.7. The molecule has 10 rings (SSSR count). The zero-order valence-corrected chi connectivity index (χ0v) is 63.6. The number of carboxylic acid groups (broad SMARTS) is 4. The van der Waals surface area contributed by atoms with E-state index in [2.05, 4.69) is 0 Å². The van der Waals surface area contributed by atoms with Crippen LogP contribution in [0.15, 0.2) is 303 Å². The van der Waals surface area contributed by atoms with Crippen molar-refractivity contribution < 1.29 is 60.0 Å². The van der Waals surface area contributed by atoms with Gasteiger partial charge in [-0.2, -0.15) is 0 Å². The minimum Gasteiger partial charge on any atom is -0.481 e. The van der Waals surface area contributed by atoms with Crippen molar-refractivity contribution in [2.45, 2.75) is 192 Å². The van der Waals surface area contributed by atoms with E-state index in [1.165, 1.54) is 0 Å². The van der Waals surface area contributed by atoms with Crippen molar-refractivity contribution in [3.63, 3.8) is 0 Å². The fraction of sp³-hybridized carbons (Fsp3) is 0.354. The van der Waals surface area contributed by atoms with Crippen LogP contribution in [0.2, 0.25) is 0 Å². The van der Waals surface area contributed by atoms with E-state index in [4.69, 9.17) is 0 Å². The molecular formula is C99H120O12. The number of carboxylic acids is 4. The van der Waals surface area contributed by atoms with Crippen molar-refractivity contribution >= 4 is 23.9 Å². The molecule has 111 heavy (non-hydrogen) atoms. The maximum atomic E-state index is 14.6. The zero-order valence-electron chi connectivity index (χ0n) is 63.6. The Kier molecular flexibility index (Phi) is 33.0. The molecule has 10 aromatic carbocycles. The van der Waals surface area contributed by atoms with E-state index in [0.29, 0.717) is 23.1 Å². The van der Waals surface area contributed by atoms with Gasteiger partial charge in [0.05, 0.1) is 47.1 Å². The molecule has 0 aliphatic carbocycles. The lowest BCUT2D eigenvalue weighted by Crippen LogP contribution is -2.56. The van der Waals surface area contributed by atoms with Gasteiger partial charge in [-0.05, 0) is 118 Å². The maximum Gasteiger partial charge on any atom is 0.314 e. The van der Waals surface area contributed by atoms with E-state index in [1.807, 2.05) is 345 Å². The van der Waals surface area contributed by atoms with Gasteiger partial charge < -0.3 is 40.9 Å². The highest BCUT2D eigenvalue weighted by Crippen LogP contribution is 2.55. The number of carbonyl (C=O) groups is 4. The lowest BCUT2D eigenvalue weighted by atomic mass is 9.53. The molecule has 0 bridgehead atoms. The fourth-order valence-electron chi connectivity index (χ4n) is 17.7. The lowest BCUT2D eigenvalue weighted by molar-refractivity contribution is -0.152. The second kappa shape index (κ2) is 40.7. The highest BCUT2D eigenvalue weighted by Gasteiger charge is 2.58. The molecule has 12 heteroatoms. The molecule has 0 saturated carbocycles. The van der Waals surface area contributed by atoms with Crippen molar-refractivity contribution in [3.05, 3.63) is 359 Å². The highest BCUT2D eigenvalue weighted by atomic mass is 16.4. The summed E-state index contributed by atoms with van der Waals surface area (Å²) in [5.41, 5.74) is 2.55. The van der Waals surface area contributed by atoms with Crippen molar-refractivity contribution in [1.29, 1.82) is 0 Å². The molecule has 0 heterocycles. The topological polar surface area (TPSA) is 230 Å². The Morgan fingerprint density at radius 2 is 0.667 bits per heavy atom. The van der Waals surface area contributed by atoms with Gasteiger partial charge in [0.15, 0.2) is 0 Å². The van der Waals surface area contributed by atoms with Crippen molar-refractivity contribution in [1.82, 2.24) is 0 Å². The Bertz CT molecular complexity index is 4380. The van der Waals surface area contributed by atoms with Crippen LogP contribution in [-0.4, -0.2) is 89.1 Å². The third kappa shape index (κ3) is 20.5. The monoisotopic (exact) mass is 1500 g/mol. The van der Waals surface area contributed by atoms with Gasteiger partial charge in [0, 0.05) is 34.5 Å². The quantitative estimate of drug-likeness (QED) is 0.0185. The molecule has 0 amide bonds. The molecule has 10 aromatic rings. The second-order valence-corrected chi connectivity index (χ2v) is 31.0. The predicted molar refractivity (Wildman–Crippen MR) is 449 cm³/mol. The lowest BCUT2D eigenvalue weighted by Gasteiger charge is -2.51. The Balaban J connectivity index is 0.000000339.